The molecule has 0 bridgehead atoms. The van der Waals surface area contributed by atoms with Gasteiger partial charge in [-0.15, -0.1) is 11.3 Å². The topological polar surface area (TPSA) is 48.1 Å². The Bertz CT molecular complexity index is 626. The van der Waals surface area contributed by atoms with E-state index in [1.165, 1.54) is 10.9 Å². The number of nitrogens with two attached hydrogens (primary N) is 1. The van der Waals surface area contributed by atoms with Gasteiger partial charge in [0.1, 0.15) is 16.6 Å². The highest BCUT2D eigenvalue weighted by Crippen LogP contribution is 2.41. The van der Waals surface area contributed by atoms with Crippen molar-refractivity contribution in [3.8, 4) is 16.3 Å². The maximum atomic E-state index is 14.1. The fourth-order valence-electron chi connectivity index (χ4n) is 2.73. The lowest BCUT2D eigenvalue weighted by atomic mass is 9.91. The van der Waals surface area contributed by atoms with Gasteiger partial charge in [-0.25, -0.2) is 9.37 Å². The number of ether oxygens (including phenoxy) is 1. The predicted molar refractivity (Wildman–Crippen MR) is 78.8 cm³/mol. The Labute approximate surface area is 121 Å². The van der Waals surface area contributed by atoms with Crippen molar-refractivity contribution in [3.63, 3.8) is 0 Å². The number of hydrogen-bond acceptors (Lipinski definition) is 4. The molecule has 1 unspecified atom stereocenters. The highest BCUT2D eigenvalue weighted by molar-refractivity contribution is 7.15. The summed E-state index contributed by atoms with van der Waals surface area (Å²) in [5.74, 6) is 0.543. The van der Waals surface area contributed by atoms with Crippen molar-refractivity contribution in [2.75, 3.05) is 13.7 Å². The van der Waals surface area contributed by atoms with Gasteiger partial charge in [0, 0.05) is 17.3 Å². The molecule has 1 atom stereocenters. The summed E-state index contributed by atoms with van der Waals surface area (Å²) in [4.78, 5) is 5.90. The summed E-state index contributed by atoms with van der Waals surface area (Å²) in [7, 11) is 1.55. The minimum atomic E-state index is -0.292. The number of halogens is 1. The number of aryl methyl sites for hydroxylation is 1. The molecule has 3 nitrogen and oxygen atoms in total. The van der Waals surface area contributed by atoms with E-state index in [0.717, 1.165) is 25.0 Å². The Morgan fingerprint density at radius 2 is 2.35 bits per heavy atom. The molecule has 1 heterocycles. The van der Waals surface area contributed by atoms with Crippen molar-refractivity contribution in [1.29, 1.82) is 0 Å². The summed E-state index contributed by atoms with van der Waals surface area (Å²) in [6.07, 6.45) is 3.21. The zero-order chi connectivity index (χ0) is 14.1. The van der Waals surface area contributed by atoms with Crippen LogP contribution in [0.2, 0.25) is 0 Å². The zero-order valence-corrected chi connectivity index (χ0v) is 12.2. The van der Waals surface area contributed by atoms with Crippen LogP contribution in [0.4, 0.5) is 4.39 Å². The normalized spacial score (nSPS) is 17.9. The van der Waals surface area contributed by atoms with E-state index in [-0.39, 0.29) is 5.82 Å². The van der Waals surface area contributed by atoms with Gasteiger partial charge in [0.2, 0.25) is 0 Å². The molecule has 1 aliphatic carbocycles. The maximum absolute atomic E-state index is 14.1. The number of rotatable bonds is 3. The minimum absolute atomic E-state index is 0.292. The molecule has 3 rings (SSSR count). The van der Waals surface area contributed by atoms with Gasteiger partial charge < -0.3 is 10.5 Å². The van der Waals surface area contributed by atoms with Gasteiger partial charge in [-0.1, -0.05) is 6.07 Å². The van der Waals surface area contributed by atoms with Crippen LogP contribution in [0.1, 0.15) is 29.3 Å². The fourth-order valence-corrected chi connectivity index (χ4v) is 3.97. The van der Waals surface area contributed by atoms with Crippen molar-refractivity contribution in [2.24, 2.45) is 5.73 Å². The van der Waals surface area contributed by atoms with E-state index < -0.39 is 0 Å². The maximum Gasteiger partial charge on any atom is 0.137 e. The fraction of sp³-hybridized carbons (Fsp3) is 0.400. The molecule has 2 N–H and O–H groups in total. The van der Waals surface area contributed by atoms with Crippen LogP contribution in [0, 0.1) is 5.82 Å². The Kier molecular flexibility index (Phi) is 3.72. The van der Waals surface area contributed by atoms with Crippen LogP contribution in [0.5, 0.6) is 5.75 Å². The standard InChI is InChI=1S/C15H17FN2OS/c1-19-11-6-3-5-10(16)13(11)15-18-14-9(8-17)4-2-7-12(14)20-15/h3,5-6,9H,2,4,7-8,17H2,1H3. The number of benzene rings is 1. The van der Waals surface area contributed by atoms with Crippen LogP contribution in [-0.4, -0.2) is 18.6 Å². The number of hydrogen-bond donors (Lipinski definition) is 1. The molecule has 0 amide bonds. The first-order valence-electron chi connectivity index (χ1n) is 6.77. The first-order valence-corrected chi connectivity index (χ1v) is 7.58. The van der Waals surface area contributed by atoms with Crippen molar-refractivity contribution < 1.29 is 9.13 Å². The second-order valence-corrected chi connectivity index (χ2v) is 6.05. The number of aromatic nitrogens is 1. The third-order valence-electron chi connectivity index (χ3n) is 3.76. The van der Waals surface area contributed by atoms with E-state index in [2.05, 4.69) is 4.98 Å². The molecule has 106 valence electrons. The number of fused-ring (bicyclic) bond motifs is 1. The van der Waals surface area contributed by atoms with Crippen molar-refractivity contribution in [3.05, 3.63) is 34.6 Å². The third-order valence-corrected chi connectivity index (χ3v) is 4.91. The zero-order valence-electron chi connectivity index (χ0n) is 11.4. The Morgan fingerprint density at radius 3 is 3.10 bits per heavy atom. The number of thiazole rings is 1. The lowest BCUT2D eigenvalue weighted by Crippen LogP contribution is -2.17. The van der Waals surface area contributed by atoms with Gasteiger partial charge in [0.05, 0.1) is 18.4 Å². The lowest BCUT2D eigenvalue weighted by Gasteiger charge is -2.18. The Morgan fingerprint density at radius 1 is 1.50 bits per heavy atom. The summed E-state index contributed by atoms with van der Waals surface area (Å²) in [5.41, 5.74) is 7.34. The van der Waals surface area contributed by atoms with E-state index in [9.17, 15) is 4.39 Å². The quantitative estimate of drug-likeness (QED) is 0.944. The van der Waals surface area contributed by atoms with Crippen LogP contribution >= 0.6 is 11.3 Å². The highest BCUT2D eigenvalue weighted by atomic mass is 32.1. The molecular formula is C15H17FN2OS. The molecule has 1 aliphatic rings. The number of nitrogens with zero attached hydrogens (tertiary/aromatic N) is 1. The second-order valence-electron chi connectivity index (χ2n) is 4.97. The van der Waals surface area contributed by atoms with Gasteiger partial charge in [-0.3, -0.25) is 0 Å². The average molecular weight is 292 g/mol. The van der Waals surface area contributed by atoms with Crippen LogP contribution in [0.3, 0.4) is 0 Å². The van der Waals surface area contributed by atoms with Gasteiger partial charge in [0.25, 0.3) is 0 Å². The van der Waals surface area contributed by atoms with E-state index in [0.29, 0.717) is 28.8 Å². The van der Waals surface area contributed by atoms with Crippen molar-refractivity contribution in [2.45, 2.75) is 25.2 Å². The summed E-state index contributed by atoms with van der Waals surface area (Å²) in [6, 6.07) is 4.85. The molecular weight excluding hydrogens is 275 g/mol. The van der Waals surface area contributed by atoms with E-state index in [1.807, 2.05) is 0 Å². The molecule has 1 aromatic carbocycles. The van der Waals surface area contributed by atoms with E-state index in [1.54, 1.807) is 30.6 Å². The smallest absolute Gasteiger partial charge is 0.137 e. The predicted octanol–water partition coefficient (Wildman–Crippen LogP) is 3.34. The minimum Gasteiger partial charge on any atom is -0.496 e. The molecule has 1 aromatic heterocycles. The first kappa shape index (κ1) is 13.5. The average Bonchev–Trinajstić information content (AvgIpc) is 2.90. The summed E-state index contributed by atoms with van der Waals surface area (Å²) >= 11 is 1.56. The molecule has 5 heteroatoms. The Balaban J connectivity index is 2.10. The summed E-state index contributed by atoms with van der Waals surface area (Å²) < 4.78 is 19.4. The van der Waals surface area contributed by atoms with Crippen LogP contribution in [0.15, 0.2) is 18.2 Å². The molecule has 0 saturated carbocycles. The molecule has 2 aromatic rings. The van der Waals surface area contributed by atoms with Gasteiger partial charge in [-0.05, 0) is 31.4 Å². The van der Waals surface area contributed by atoms with Crippen molar-refractivity contribution >= 4 is 11.3 Å². The summed E-state index contributed by atoms with van der Waals surface area (Å²) in [6.45, 7) is 0.602. The Hall–Kier alpha value is -1.46. The molecule has 0 aliphatic heterocycles. The molecule has 0 radical (unpaired) electrons. The monoisotopic (exact) mass is 292 g/mol. The summed E-state index contributed by atoms with van der Waals surface area (Å²) in [5, 5.41) is 0.699. The SMILES string of the molecule is COc1cccc(F)c1-c1nc2c(s1)CCCC2CN. The van der Waals surface area contributed by atoms with Crippen LogP contribution < -0.4 is 10.5 Å². The largest absolute Gasteiger partial charge is 0.496 e. The van der Waals surface area contributed by atoms with Gasteiger partial charge in [-0.2, -0.15) is 0 Å². The van der Waals surface area contributed by atoms with Crippen molar-refractivity contribution in [1.82, 2.24) is 4.98 Å². The second kappa shape index (κ2) is 5.50. The molecule has 0 fully saturated rings. The van der Waals surface area contributed by atoms with Gasteiger partial charge >= 0.3 is 0 Å². The third kappa shape index (κ3) is 2.21. The van der Waals surface area contributed by atoms with Crippen LogP contribution in [-0.2, 0) is 6.42 Å². The van der Waals surface area contributed by atoms with E-state index in [4.69, 9.17) is 10.5 Å². The number of methoxy groups -OCH3 is 1. The first-order chi connectivity index (χ1) is 9.74. The van der Waals surface area contributed by atoms with Gasteiger partial charge in [0.15, 0.2) is 0 Å². The molecule has 0 saturated heterocycles. The lowest BCUT2D eigenvalue weighted by molar-refractivity contribution is 0.413. The highest BCUT2D eigenvalue weighted by Gasteiger charge is 2.26. The van der Waals surface area contributed by atoms with Crippen LogP contribution in [0.25, 0.3) is 10.6 Å². The molecule has 0 spiro atoms. The van der Waals surface area contributed by atoms with E-state index >= 15 is 0 Å². The molecule has 20 heavy (non-hydrogen) atoms.